The van der Waals surface area contributed by atoms with Crippen molar-refractivity contribution in [1.82, 2.24) is 0 Å². The highest BCUT2D eigenvalue weighted by Crippen LogP contribution is 2.31. The monoisotopic (exact) mass is 151 g/mol. The van der Waals surface area contributed by atoms with Gasteiger partial charge in [0.2, 0.25) is 0 Å². The Morgan fingerprint density at radius 1 is 1.43 bits per heavy atom. The molecule has 0 unspecified atom stereocenters. The average Bonchev–Trinajstić information content (AvgIpc) is 2.14. The summed E-state index contributed by atoms with van der Waals surface area (Å²) in [5, 5.41) is 0. The van der Waals surface area contributed by atoms with Crippen LogP contribution in [0.25, 0.3) is 0 Å². The Hall–Kier alpha value is 1.05. The van der Waals surface area contributed by atoms with E-state index in [1.165, 1.54) is 11.5 Å². The Morgan fingerprint density at radius 2 is 2.00 bits per heavy atom. The topological polar surface area (TPSA) is 0 Å². The summed E-state index contributed by atoms with van der Waals surface area (Å²) in [5.41, 5.74) is 0. The molecule has 41 valence electrons. The lowest BCUT2D eigenvalue weighted by Crippen LogP contribution is -1.89. The summed E-state index contributed by atoms with van der Waals surface area (Å²) in [5.74, 6) is 3.55. The molecule has 0 aliphatic carbocycles. The predicted molar refractivity (Wildman–Crippen MR) is 41.2 cm³/mol. The zero-order valence-electron chi connectivity index (χ0n) is 3.92. The molecule has 1 rings (SSSR count). The van der Waals surface area contributed by atoms with Gasteiger partial charge in [0, 0.05) is 17.3 Å². The van der Waals surface area contributed by atoms with Crippen molar-refractivity contribution in [1.29, 1.82) is 0 Å². The Bertz CT molecular complexity index is 48.9. The van der Waals surface area contributed by atoms with E-state index in [0.717, 1.165) is 10.3 Å². The van der Waals surface area contributed by atoms with Gasteiger partial charge in [-0.2, -0.15) is 0 Å². The van der Waals surface area contributed by atoms with Gasteiger partial charge in [0.15, 0.2) is 0 Å². The van der Waals surface area contributed by atoms with Crippen molar-refractivity contribution in [2.24, 2.45) is 0 Å². The van der Waals surface area contributed by atoms with Crippen molar-refractivity contribution < 1.29 is 0 Å². The fourth-order valence-corrected chi connectivity index (χ4v) is 3.53. The maximum Gasteiger partial charge on any atom is 0.0601 e. The van der Waals surface area contributed by atoms with Crippen LogP contribution in [0.15, 0.2) is 0 Å². The van der Waals surface area contributed by atoms with Gasteiger partial charge in [-0.1, -0.05) is 12.6 Å². The molecule has 7 heavy (non-hydrogen) atoms. The van der Waals surface area contributed by atoms with Crippen LogP contribution in [-0.4, -0.2) is 21.8 Å². The smallest absolute Gasteiger partial charge is 0.0601 e. The average molecular weight is 151 g/mol. The van der Waals surface area contributed by atoms with Crippen LogP contribution < -0.4 is 0 Å². The molecule has 3 heteroatoms. The first-order chi connectivity index (χ1) is 3.43. The lowest BCUT2D eigenvalue weighted by Gasteiger charge is -1.97. The van der Waals surface area contributed by atoms with Crippen molar-refractivity contribution in [3.8, 4) is 0 Å². The first kappa shape index (κ1) is 6.17. The molecule has 0 nitrogen and oxygen atoms in total. The molecule has 0 amide bonds. The van der Waals surface area contributed by atoms with Crippen molar-refractivity contribution in [3.05, 3.63) is 0 Å². The van der Waals surface area contributed by atoms with Gasteiger partial charge in [0.05, 0.1) is 4.58 Å². The van der Waals surface area contributed by atoms with Gasteiger partial charge < -0.3 is 0 Å². The second-order valence-corrected chi connectivity index (χ2v) is 4.59. The Labute approximate surface area is 58.2 Å². The second kappa shape index (κ2) is 3.15. The minimum absolute atomic E-state index is 0.745. The molecule has 0 atom stereocenters. The summed E-state index contributed by atoms with van der Waals surface area (Å²) in [6.45, 7) is 0. The van der Waals surface area contributed by atoms with Crippen molar-refractivity contribution in [3.63, 3.8) is 0 Å². The summed E-state index contributed by atoms with van der Waals surface area (Å²) in [6, 6.07) is 0. The second-order valence-electron chi connectivity index (χ2n) is 1.34. The van der Waals surface area contributed by atoms with Gasteiger partial charge in [-0.3, -0.25) is 0 Å². The van der Waals surface area contributed by atoms with Gasteiger partial charge in [-0.25, -0.2) is 0 Å². The summed E-state index contributed by atoms with van der Waals surface area (Å²) in [4.78, 5) is 0. The molecule has 1 fully saturated rings. The standard InChI is InChI=1S/C4H7S3/c5-3-4-6-1-2-7-4/h4H,1-3H2. The van der Waals surface area contributed by atoms with E-state index in [2.05, 4.69) is 0 Å². The number of hydrogen-bond donors (Lipinski definition) is 0. The molecule has 0 N–H and O–H groups in total. The van der Waals surface area contributed by atoms with Crippen LogP contribution in [0.5, 0.6) is 0 Å². The lowest BCUT2D eigenvalue weighted by molar-refractivity contribution is 1.48. The minimum Gasteiger partial charge on any atom is -0.146 e. The maximum absolute atomic E-state index is 4.87. The highest BCUT2D eigenvalue weighted by atomic mass is 32.2. The highest BCUT2D eigenvalue weighted by Gasteiger charge is 2.13. The van der Waals surface area contributed by atoms with Crippen LogP contribution in [0.2, 0.25) is 0 Å². The van der Waals surface area contributed by atoms with E-state index in [1.54, 1.807) is 0 Å². The van der Waals surface area contributed by atoms with E-state index in [0.29, 0.717) is 0 Å². The van der Waals surface area contributed by atoms with Gasteiger partial charge in [-0.15, -0.1) is 23.5 Å². The molecule has 1 saturated heterocycles. The van der Waals surface area contributed by atoms with E-state index in [1.807, 2.05) is 23.5 Å². The first-order valence-electron chi connectivity index (χ1n) is 2.25. The van der Waals surface area contributed by atoms with Crippen LogP contribution in [0.4, 0.5) is 0 Å². The van der Waals surface area contributed by atoms with E-state index in [4.69, 9.17) is 12.6 Å². The molecule has 1 radical (unpaired) electrons. The molecular formula is C4H7S3. The third kappa shape index (κ3) is 1.78. The molecular weight excluding hydrogens is 144 g/mol. The first-order valence-corrected chi connectivity index (χ1v) is 4.92. The fraction of sp³-hybridized carbons (Fsp3) is 1.00. The van der Waals surface area contributed by atoms with Gasteiger partial charge in [0.25, 0.3) is 0 Å². The van der Waals surface area contributed by atoms with Gasteiger partial charge in [0.1, 0.15) is 0 Å². The molecule has 0 spiro atoms. The van der Waals surface area contributed by atoms with Crippen LogP contribution in [-0.2, 0) is 0 Å². The van der Waals surface area contributed by atoms with E-state index in [-0.39, 0.29) is 0 Å². The third-order valence-corrected chi connectivity index (χ3v) is 4.61. The van der Waals surface area contributed by atoms with Gasteiger partial charge >= 0.3 is 0 Å². The quantitative estimate of drug-likeness (QED) is 0.562. The summed E-state index contributed by atoms with van der Waals surface area (Å²) in [6.07, 6.45) is 0. The minimum atomic E-state index is 0.745. The Morgan fingerprint density at radius 3 is 2.29 bits per heavy atom. The molecule has 1 aliphatic rings. The highest BCUT2D eigenvalue weighted by molar-refractivity contribution is 8.20. The fourth-order valence-electron chi connectivity index (χ4n) is 0.503. The van der Waals surface area contributed by atoms with E-state index in [9.17, 15) is 0 Å². The predicted octanol–water partition coefficient (Wildman–Crippen LogP) is 1.99. The van der Waals surface area contributed by atoms with Crippen molar-refractivity contribution in [2.45, 2.75) is 4.58 Å². The SMILES string of the molecule is [S]CC1SCCS1. The number of thioether (sulfide) groups is 2. The number of hydrogen-bond acceptors (Lipinski definition) is 2. The summed E-state index contributed by atoms with van der Waals surface area (Å²) >= 11 is 8.87. The largest absolute Gasteiger partial charge is 0.146 e. The van der Waals surface area contributed by atoms with Crippen molar-refractivity contribution >= 4 is 36.2 Å². The maximum atomic E-state index is 4.87. The zero-order chi connectivity index (χ0) is 5.11. The zero-order valence-corrected chi connectivity index (χ0v) is 6.37. The van der Waals surface area contributed by atoms with Gasteiger partial charge in [-0.05, 0) is 0 Å². The lowest BCUT2D eigenvalue weighted by atomic mass is 10.9. The van der Waals surface area contributed by atoms with E-state index >= 15 is 0 Å². The number of rotatable bonds is 1. The third-order valence-electron chi connectivity index (χ3n) is 0.827. The van der Waals surface area contributed by atoms with Crippen molar-refractivity contribution in [2.75, 3.05) is 17.3 Å². The normalized spacial score (nSPS) is 23.6. The molecule has 1 aliphatic heterocycles. The summed E-state index contributed by atoms with van der Waals surface area (Å²) in [7, 11) is 0. The molecule has 0 saturated carbocycles. The molecule has 0 bridgehead atoms. The van der Waals surface area contributed by atoms with Crippen LogP contribution in [0.3, 0.4) is 0 Å². The van der Waals surface area contributed by atoms with Crippen LogP contribution in [0, 0.1) is 0 Å². The molecule has 0 aromatic carbocycles. The van der Waals surface area contributed by atoms with Crippen LogP contribution >= 0.6 is 36.2 Å². The molecule has 1 heterocycles. The summed E-state index contributed by atoms with van der Waals surface area (Å²) < 4.78 is 0.745. The Balaban J connectivity index is 2.14. The van der Waals surface area contributed by atoms with E-state index < -0.39 is 0 Å². The molecule has 0 aromatic rings. The Kier molecular flexibility index (Phi) is 2.78. The molecule has 0 aromatic heterocycles. The van der Waals surface area contributed by atoms with Crippen LogP contribution in [0.1, 0.15) is 0 Å².